The highest BCUT2D eigenvalue weighted by atomic mass is 14.1. The summed E-state index contributed by atoms with van der Waals surface area (Å²) in [7, 11) is 0. The lowest BCUT2D eigenvalue weighted by atomic mass is 9.92. The van der Waals surface area contributed by atoms with Crippen LogP contribution in [0.15, 0.2) is 12.2 Å². The van der Waals surface area contributed by atoms with Crippen LogP contribution in [0, 0.1) is 11.8 Å². The van der Waals surface area contributed by atoms with Crippen LogP contribution in [0.25, 0.3) is 0 Å². The summed E-state index contributed by atoms with van der Waals surface area (Å²) in [6.07, 6.45) is 10.3. The molecular formula is C10H18. The van der Waals surface area contributed by atoms with E-state index >= 15 is 0 Å². The van der Waals surface area contributed by atoms with E-state index in [4.69, 9.17) is 0 Å². The summed E-state index contributed by atoms with van der Waals surface area (Å²) in [5.74, 6) is 1.75. The smallest absolute Gasteiger partial charge is 0.0262 e. The Bertz CT molecular complexity index is 113. The van der Waals surface area contributed by atoms with Crippen LogP contribution in [0.3, 0.4) is 0 Å². The van der Waals surface area contributed by atoms with E-state index in [9.17, 15) is 0 Å². The highest BCUT2D eigenvalue weighted by Gasteiger charge is 2.05. The van der Waals surface area contributed by atoms with E-state index in [-0.39, 0.29) is 0 Å². The van der Waals surface area contributed by atoms with Crippen molar-refractivity contribution in [3.63, 3.8) is 0 Å². The third-order valence-electron chi connectivity index (χ3n) is 2.36. The Balaban J connectivity index is 2.38. The van der Waals surface area contributed by atoms with Gasteiger partial charge in [0, 0.05) is 0 Å². The summed E-state index contributed by atoms with van der Waals surface area (Å²) in [6.45, 7) is 4.66. The van der Waals surface area contributed by atoms with Crippen molar-refractivity contribution in [2.24, 2.45) is 11.8 Å². The topological polar surface area (TPSA) is 0 Å². The zero-order valence-electron chi connectivity index (χ0n) is 7.14. The van der Waals surface area contributed by atoms with Crippen LogP contribution in [0.1, 0.15) is 39.5 Å². The zero-order valence-corrected chi connectivity index (χ0v) is 7.14. The Morgan fingerprint density at radius 1 is 1.20 bits per heavy atom. The fourth-order valence-corrected chi connectivity index (χ4v) is 1.55. The molecule has 0 radical (unpaired) electrons. The van der Waals surface area contributed by atoms with Gasteiger partial charge < -0.3 is 0 Å². The monoisotopic (exact) mass is 138 g/mol. The Kier molecular flexibility index (Phi) is 2.98. The van der Waals surface area contributed by atoms with E-state index in [2.05, 4.69) is 26.0 Å². The van der Waals surface area contributed by atoms with Crippen molar-refractivity contribution >= 4 is 0 Å². The van der Waals surface area contributed by atoms with Crippen LogP contribution in [-0.4, -0.2) is 0 Å². The molecule has 10 heavy (non-hydrogen) atoms. The molecular weight excluding hydrogens is 120 g/mol. The van der Waals surface area contributed by atoms with Gasteiger partial charge in [0.2, 0.25) is 0 Å². The highest BCUT2D eigenvalue weighted by molar-refractivity contribution is 4.89. The minimum Gasteiger partial charge on any atom is -0.0880 e. The second kappa shape index (κ2) is 3.80. The third kappa shape index (κ3) is 2.55. The maximum Gasteiger partial charge on any atom is -0.0262 e. The van der Waals surface area contributed by atoms with Crippen molar-refractivity contribution in [1.82, 2.24) is 0 Å². The molecule has 1 aliphatic rings. The lowest BCUT2D eigenvalue weighted by Crippen LogP contribution is -1.99. The summed E-state index contributed by atoms with van der Waals surface area (Å²) >= 11 is 0. The van der Waals surface area contributed by atoms with Gasteiger partial charge in [0.05, 0.1) is 0 Å². The lowest BCUT2D eigenvalue weighted by Gasteiger charge is -2.14. The van der Waals surface area contributed by atoms with E-state index in [1.165, 1.54) is 25.7 Å². The SMILES string of the molecule is CC1C=CCC(C)CCC1. The molecule has 2 atom stereocenters. The third-order valence-corrected chi connectivity index (χ3v) is 2.36. The Morgan fingerprint density at radius 3 is 2.80 bits per heavy atom. The number of hydrogen-bond acceptors (Lipinski definition) is 0. The predicted octanol–water partition coefficient (Wildman–Crippen LogP) is 3.39. The molecule has 0 heterocycles. The van der Waals surface area contributed by atoms with Crippen LogP contribution in [-0.2, 0) is 0 Å². The van der Waals surface area contributed by atoms with Gasteiger partial charge in [-0.25, -0.2) is 0 Å². The molecule has 1 rings (SSSR count). The molecule has 58 valence electrons. The number of hydrogen-bond donors (Lipinski definition) is 0. The summed E-state index contributed by atoms with van der Waals surface area (Å²) in [6, 6.07) is 0. The molecule has 0 amide bonds. The quantitative estimate of drug-likeness (QED) is 0.450. The van der Waals surface area contributed by atoms with Crippen molar-refractivity contribution in [1.29, 1.82) is 0 Å². The van der Waals surface area contributed by atoms with E-state index in [0.717, 1.165) is 11.8 Å². The Labute approximate surface area is 64.3 Å². The number of rotatable bonds is 0. The second-order valence-electron chi connectivity index (χ2n) is 3.68. The molecule has 0 spiro atoms. The standard InChI is InChI=1S/C10H18/c1-9-5-3-7-10(2)8-4-6-9/h3,5,9-10H,4,6-8H2,1-2H3. The molecule has 2 unspecified atom stereocenters. The molecule has 0 N–H and O–H groups in total. The predicted molar refractivity (Wildman–Crippen MR) is 45.9 cm³/mol. The van der Waals surface area contributed by atoms with Crippen molar-refractivity contribution in [3.05, 3.63) is 12.2 Å². The summed E-state index contributed by atoms with van der Waals surface area (Å²) in [5, 5.41) is 0. The first kappa shape index (κ1) is 7.84. The maximum atomic E-state index is 2.37. The molecule has 0 saturated heterocycles. The first-order valence-electron chi connectivity index (χ1n) is 4.45. The van der Waals surface area contributed by atoms with Gasteiger partial charge in [-0.2, -0.15) is 0 Å². The van der Waals surface area contributed by atoms with Gasteiger partial charge in [-0.15, -0.1) is 0 Å². The highest BCUT2D eigenvalue weighted by Crippen LogP contribution is 2.20. The number of allylic oxidation sites excluding steroid dienone is 2. The van der Waals surface area contributed by atoms with Crippen molar-refractivity contribution < 1.29 is 0 Å². The zero-order chi connectivity index (χ0) is 7.40. The van der Waals surface area contributed by atoms with Crippen LogP contribution in [0.5, 0.6) is 0 Å². The van der Waals surface area contributed by atoms with E-state index in [1.807, 2.05) is 0 Å². The lowest BCUT2D eigenvalue weighted by molar-refractivity contribution is 0.462. The molecule has 1 aliphatic carbocycles. The van der Waals surface area contributed by atoms with Crippen LogP contribution in [0.2, 0.25) is 0 Å². The minimum absolute atomic E-state index is 0.826. The van der Waals surface area contributed by atoms with Crippen LogP contribution >= 0.6 is 0 Å². The molecule has 0 fully saturated rings. The van der Waals surface area contributed by atoms with Crippen molar-refractivity contribution in [2.75, 3.05) is 0 Å². The fourth-order valence-electron chi connectivity index (χ4n) is 1.55. The summed E-state index contributed by atoms with van der Waals surface area (Å²) in [4.78, 5) is 0. The molecule has 0 aromatic rings. The molecule has 0 aromatic heterocycles. The molecule has 0 heteroatoms. The maximum absolute atomic E-state index is 2.37. The average molecular weight is 138 g/mol. The van der Waals surface area contributed by atoms with Crippen LogP contribution < -0.4 is 0 Å². The van der Waals surface area contributed by atoms with Gasteiger partial charge >= 0.3 is 0 Å². The van der Waals surface area contributed by atoms with Gasteiger partial charge in [0.25, 0.3) is 0 Å². The van der Waals surface area contributed by atoms with Gasteiger partial charge in [-0.1, -0.05) is 38.8 Å². The molecule has 0 aromatic carbocycles. The van der Waals surface area contributed by atoms with E-state index < -0.39 is 0 Å². The minimum atomic E-state index is 0.826. The molecule has 0 aliphatic heterocycles. The largest absolute Gasteiger partial charge is 0.0880 e. The molecule has 0 bridgehead atoms. The van der Waals surface area contributed by atoms with E-state index in [1.54, 1.807) is 0 Å². The second-order valence-corrected chi connectivity index (χ2v) is 3.68. The first-order chi connectivity index (χ1) is 4.79. The summed E-state index contributed by atoms with van der Waals surface area (Å²) < 4.78 is 0. The Morgan fingerprint density at radius 2 is 2.00 bits per heavy atom. The van der Waals surface area contributed by atoms with Gasteiger partial charge in [0.1, 0.15) is 0 Å². The normalized spacial score (nSPS) is 35.0. The summed E-state index contributed by atoms with van der Waals surface area (Å²) in [5.41, 5.74) is 0. The molecule has 0 saturated carbocycles. The average Bonchev–Trinajstić information content (AvgIpc) is 1.84. The van der Waals surface area contributed by atoms with Crippen molar-refractivity contribution in [3.8, 4) is 0 Å². The van der Waals surface area contributed by atoms with Gasteiger partial charge in [-0.3, -0.25) is 0 Å². The molecule has 0 nitrogen and oxygen atoms in total. The fraction of sp³-hybridized carbons (Fsp3) is 0.800. The van der Waals surface area contributed by atoms with Crippen LogP contribution in [0.4, 0.5) is 0 Å². The van der Waals surface area contributed by atoms with Gasteiger partial charge in [0.15, 0.2) is 0 Å². The van der Waals surface area contributed by atoms with Gasteiger partial charge in [-0.05, 0) is 24.7 Å². The van der Waals surface area contributed by atoms with Crippen molar-refractivity contribution in [2.45, 2.75) is 39.5 Å². The first-order valence-corrected chi connectivity index (χ1v) is 4.45. The van der Waals surface area contributed by atoms with E-state index in [0.29, 0.717) is 0 Å². The Hall–Kier alpha value is -0.260.